The Bertz CT molecular complexity index is 561. The molecule has 146 valence electrons. The lowest BCUT2D eigenvalue weighted by molar-refractivity contribution is -0.0809. The molecule has 1 heterocycles. The quantitative estimate of drug-likeness (QED) is 0.736. The number of aliphatic hydroxyl groups is 1. The predicted octanol–water partition coefficient (Wildman–Crippen LogP) is 4.44. The van der Waals surface area contributed by atoms with E-state index >= 15 is 0 Å². The highest BCUT2D eigenvalue weighted by Crippen LogP contribution is 2.46. The number of benzene rings is 1. The van der Waals surface area contributed by atoms with Gasteiger partial charge in [-0.2, -0.15) is 0 Å². The van der Waals surface area contributed by atoms with Crippen molar-refractivity contribution in [3.63, 3.8) is 0 Å². The van der Waals surface area contributed by atoms with Gasteiger partial charge in [0, 0.05) is 43.7 Å². The molecule has 1 saturated heterocycles. The molecule has 1 aliphatic heterocycles. The van der Waals surface area contributed by atoms with Gasteiger partial charge in [0.2, 0.25) is 0 Å². The van der Waals surface area contributed by atoms with Crippen LogP contribution in [0.4, 0.5) is 0 Å². The van der Waals surface area contributed by atoms with E-state index in [1.807, 2.05) is 12.1 Å². The van der Waals surface area contributed by atoms with Crippen LogP contribution in [0, 0.1) is 5.92 Å². The Kier molecular flexibility index (Phi) is 7.39. The van der Waals surface area contributed by atoms with Crippen LogP contribution in [-0.4, -0.2) is 48.3 Å². The molecule has 2 N–H and O–H groups in total. The lowest BCUT2D eigenvalue weighted by Gasteiger charge is -2.47. The minimum Gasteiger partial charge on any atom is -0.389 e. The van der Waals surface area contributed by atoms with E-state index in [0.29, 0.717) is 5.92 Å². The van der Waals surface area contributed by atoms with Crippen LogP contribution in [0.3, 0.4) is 0 Å². The van der Waals surface area contributed by atoms with Crippen molar-refractivity contribution >= 4 is 11.6 Å². The van der Waals surface area contributed by atoms with Gasteiger partial charge in [0.15, 0.2) is 0 Å². The number of halogens is 1. The van der Waals surface area contributed by atoms with E-state index in [1.54, 1.807) is 0 Å². The summed E-state index contributed by atoms with van der Waals surface area (Å²) >= 11 is 6.33. The van der Waals surface area contributed by atoms with Gasteiger partial charge >= 0.3 is 0 Å². The molecule has 0 spiro atoms. The van der Waals surface area contributed by atoms with Crippen LogP contribution in [0.15, 0.2) is 24.3 Å². The molecule has 1 aromatic rings. The van der Waals surface area contributed by atoms with Crippen molar-refractivity contribution in [2.45, 2.75) is 63.4 Å². The molecule has 0 aromatic heterocycles. The van der Waals surface area contributed by atoms with E-state index in [1.165, 1.54) is 24.8 Å². The zero-order chi connectivity index (χ0) is 18.4. The lowest BCUT2D eigenvalue weighted by atomic mass is 9.65. The monoisotopic (exact) mass is 378 g/mol. The molecule has 0 bridgehead atoms. The maximum Gasteiger partial charge on any atom is 0.0756 e. The molecule has 3 nitrogen and oxygen atoms in total. The molecule has 3 rings (SSSR count). The zero-order valence-electron chi connectivity index (χ0n) is 16.2. The number of nitrogens with zero attached hydrogens (tertiary/aromatic N) is 1. The molecule has 4 heteroatoms. The summed E-state index contributed by atoms with van der Waals surface area (Å²) in [4.78, 5) is 2.52. The highest BCUT2D eigenvalue weighted by molar-refractivity contribution is 6.30. The third-order valence-corrected chi connectivity index (χ3v) is 6.73. The van der Waals surface area contributed by atoms with Crippen molar-refractivity contribution in [3.8, 4) is 0 Å². The van der Waals surface area contributed by atoms with Crippen LogP contribution in [0.25, 0.3) is 0 Å². The fourth-order valence-corrected chi connectivity index (χ4v) is 5.18. The van der Waals surface area contributed by atoms with Crippen LogP contribution in [0.5, 0.6) is 0 Å². The van der Waals surface area contributed by atoms with Crippen LogP contribution >= 0.6 is 11.6 Å². The van der Waals surface area contributed by atoms with E-state index in [-0.39, 0.29) is 5.92 Å². The first-order valence-corrected chi connectivity index (χ1v) is 10.9. The van der Waals surface area contributed by atoms with E-state index < -0.39 is 5.60 Å². The van der Waals surface area contributed by atoms with Crippen molar-refractivity contribution in [3.05, 3.63) is 34.9 Å². The number of hydrogen-bond acceptors (Lipinski definition) is 3. The molecule has 2 fully saturated rings. The highest BCUT2D eigenvalue weighted by Gasteiger charge is 2.45. The number of unbranched alkanes of at least 4 members (excludes halogenated alkanes) is 1. The standard InChI is InChI=1S/C22H35ClN2O/c1-2-3-8-19-9-4-5-11-22(19,26)21(17-25-14-12-24-13-15-25)18-7-6-10-20(23)16-18/h6-7,10,16,19,21,24,26H,2-5,8-9,11-15,17H2,1H3. The van der Waals surface area contributed by atoms with Gasteiger partial charge in [-0.05, 0) is 42.9 Å². The SMILES string of the molecule is CCCCC1CCCCC1(O)C(CN1CCNCC1)c1cccc(Cl)c1. The van der Waals surface area contributed by atoms with Crippen molar-refractivity contribution in [2.75, 3.05) is 32.7 Å². The summed E-state index contributed by atoms with van der Waals surface area (Å²) in [6.07, 6.45) is 8.03. The second kappa shape index (κ2) is 9.54. The summed E-state index contributed by atoms with van der Waals surface area (Å²) < 4.78 is 0. The first kappa shape index (κ1) is 20.1. The minimum atomic E-state index is -0.608. The van der Waals surface area contributed by atoms with Gasteiger partial charge < -0.3 is 15.3 Å². The summed E-state index contributed by atoms with van der Waals surface area (Å²) in [5, 5.41) is 16.2. The van der Waals surface area contributed by atoms with Crippen LogP contribution in [-0.2, 0) is 0 Å². The topological polar surface area (TPSA) is 35.5 Å². The second-order valence-corrected chi connectivity index (χ2v) is 8.67. The van der Waals surface area contributed by atoms with Gasteiger partial charge in [0.05, 0.1) is 5.60 Å². The van der Waals surface area contributed by atoms with Crippen molar-refractivity contribution in [1.29, 1.82) is 0 Å². The Hall–Kier alpha value is -0.610. The van der Waals surface area contributed by atoms with Gasteiger partial charge in [0.25, 0.3) is 0 Å². The average Bonchev–Trinajstić information content (AvgIpc) is 2.66. The van der Waals surface area contributed by atoms with E-state index in [9.17, 15) is 5.11 Å². The third-order valence-electron chi connectivity index (χ3n) is 6.50. The first-order valence-electron chi connectivity index (χ1n) is 10.5. The van der Waals surface area contributed by atoms with Crippen molar-refractivity contribution < 1.29 is 5.11 Å². The average molecular weight is 379 g/mol. The number of piperazine rings is 1. The van der Waals surface area contributed by atoms with Crippen LogP contribution < -0.4 is 5.32 Å². The largest absolute Gasteiger partial charge is 0.389 e. The summed E-state index contributed by atoms with van der Waals surface area (Å²) in [5.41, 5.74) is 0.602. The predicted molar refractivity (Wildman–Crippen MR) is 110 cm³/mol. The Morgan fingerprint density at radius 3 is 2.85 bits per heavy atom. The van der Waals surface area contributed by atoms with Gasteiger partial charge in [-0.15, -0.1) is 0 Å². The second-order valence-electron chi connectivity index (χ2n) is 8.23. The summed E-state index contributed by atoms with van der Waals surface area (Å²) in [7, 11) is 0. The van der Waals surface area contributed by atoms with Crippen molar-refractivity contribution in [2.24, 2.45) is 5.92 Å². The fraction of sp³-hybridized carbons (Fsp3) is 0.727. The number of rotatable bonds is 7. The molecule has 2 aliphatic rings. The molecule has 0 radical (unpaired) electrons. The highest BCUT2D eigenvalue weighted by atomic mass is 35.5. The zero-order valence-corrected chi connectivity index (χ0v) is 17.0. The molecule has 1 saturated carbocycles. The maximum absolute atomic E-state index is 12.0. The number of hydrogen-bond donors (Lipinski definition) is 2. The molecule has 3 atom stereocenters. The van der Waals surface area contributed by atoms with E-state index in [2.05, 4.69) is 29.3 Å². The van der Waals surface area contributed by atoms with Gasteiger partial charge in [0.1, 0.15) is 0 Å². The van der Waals surface area contributed by atoms with Gasteiger partial charge in [-0.1, -0.05) is 56.3 Å². The molecular weight excluding hydrogens is 344 g/mol. The number of nitrogens with one attached hydrogen (secondary N) is 1. The molecule has 1 aromatic carbocycles. The van der Waals surface area contributed by atoms with E-state index in [4.69, 9.17) is 11.6 Å². The molecule has 1 aliphatic carbocycles. The summed E-state index contributed by atoms with van der Waals surface area (Å²) in [6, 6.07) is 8.22. The summed E-state index contributed by atoms with van der Waals surface area (Å²) in [5.74, 6) is 0.546. The van der Waals surface area contributed by atoms with Gasteiger partial charge in [-0.25, -0.2) is 0 Å². The molecule has 26 heavy (non-hydrogen) atoms. The third kappa shape index (κ3) is 4.81. The van der Waals surface area contributed by atoms with Gasteiger partial charge in [-0.3, -0.25) is 0 Å². The van der Waals surface area contributed by atoms with E-state index in [0.717, 1.165) is 63.4 Å². The normalized spacial score (nSPS) is 28.8. The van der Waals surface area contributed by atoms with Crippen LogP contribution in [0.2, 0.25) is 5.02 Å². The Morgan fingerprint density at radius 1 is 1.31 bits per heavy atom. The smallest absolute Gasteiger partial charge is 0.0756 e. The maximum atomic E-state index is 12.0. The Morgan fingerprint density at radius 2 is 2.12 bits per heavy atom. The molecule has 3 unspecified atom stereocenters. The molecule has 0 amide bonds. The molecular formula is C22H35ClN2O. The van der Waals surface area contributed by atoms with Crippen molar-refractivity contribution in [1.82, 2.24) is 10.2 Å². The first-order chi connectivity index (χ1) is 12.6. The Balaban J connectivity index is 1.88. The Labute approximate surface area is 164 Å². The van der Waals surface area contributed by atoms with Crippen LogP contribution in [0.1, 0.15) is 63.4 Å². The minimum absolute atomic E-state index is 0.140. The summed E-state index contributed by atoms with van der Waals surface area (Å²) in [6.45, 7) is 7.39. The fourth-order valence-electron chi connectivity index (χ4n) is 4.98. The lowest BCUT2D eigenvalue weighted by Crippen LogP contribution is -2.52.